The van der Waals surface area contributed by atoms with E-state index in [4.69, 9.17) is 4.74 Å². The van der Waals surface area contributed by atoms with Gasteiger partial charge in [-0.2, -0.15) is 17.4 Å². The van der Waals surface area contributed by atoms with E-state index in [-0.39, 0.29) is 6.54 Å². The largest absolute Gasteiger partial charge is 0.380 e. The summed E-state index contributed by atoms with van der Waals surface area (Å²) in [5.41, 5.74) is 1.92. The van der Waals surface area contributed by atoms with E-state index in [0.29, 0.717) is 19.7 Å². The molecule has 0 saturated heterocycles. The molecular formula is C13H22N2O3S. The van der Waals surface area contributed by atoms with Crippen LogP contribution in [-0.4, -0.2) is 32.9 Å². The van der Waals surface area contributed by atoms with E-state index < -0.39 is 10.2 Å². The van der Waals surface area contributed by atoms with Gasteiger partial charge in [0.25, 0.3) is 10.2 Å². The summed E-state index contributed by atoms with van der Waals surface area (Å²) in [5.74, 6) is 0. The zero-order valence-electron chi connectivity index (χ0n) is 11.7. The molecule has 1 aromatic carbocycles. The summed E-state index contributed by atoms with van der Waals surface area (Å²) in [6, 6.07) is 7.64. The lowest BCUT2D eigenvalue weighted by Gasteiger charge is -2.19. The van der Waals surface area contributed by atoms with Gasteiger partial charge >= 0.3 is 0 Å². The zero-order valence-corrected chi connectivity index (χ0v) is 12.5. The molecule has 0 radical (unpaired) electrons. The lowest BCUT2D eigenvalue weighted by molar-refractivity contribution is 0.184. The maximum absolute atomic E-state index is 12.0. The van der Waals surface area contributed by atoms with Gasteiger partial charge in [-0.25, -0.2) is 0 Å². The van der Waals surface area contributed by atoms with Gasteiger partial charge in [-0.15, -0.1) is 0 Å². The summed E-state index contributed by atoms with van der Waals surface area (Å²) in [5, 5.41) is 0. The highest BCUT2D eigenvalue weighted by atomic mass is 32.2. The van der Waals surface area contributed by atoms with Crippen LogP contribution in [-0.2, 0) is 28.1 Å². The van der Waals surface area contributed by atoms with Crippen molar-refractivity contribution >= 4 is 10.2 Å². The minimum absolute atomic E-state index is 0.276. The Morgan fingerprint density at radius 2 is 1.74 bits per heavy atom. The second-order valence-corrected chi connectivity index (χ2v) is 5.87. The number of benzene rings is 1. The first-order valence-corrected chi connectivity index (χ1v) is 7.79. The molecule has 1 aromatic rings. The summed E-state index contributed by atoms with van der Waals surface area (Å²) < 4.78 is 33.2. The van der Waals surface area contributed by atoms with Crippen molar-refractivity contribution in [1.29, 1.82) is 0 Å². The van der Waals surface area contributed by atoms with E-state index >= 15 is 0 Å². The fraction of sp³-hybridized carbons (Fsp3) is 0.538. The van der Waals surface area contributed by atoms with Crippen LogP contribution in [0.1, 0.15) is 25.0 Å². The smallest absolute Gasteiger partial charge is 0.279 e. The van der Waals surface area contributed by atoms with Crippen LogP contribution in [0.4, 0.5) is 0 Å². The van der Waals surface area contributed by atoms with Gasteiger partial charge in [-0.05, 0) is 11.1 Å². The Balaban J connectivity index is 2.76. The fourth-order valence-electron chi connectivity index (χ4n) is 1.85. The van der Waals surface area contributed by atoms with Gasteiger partial charge in [0.05, 0.1) is 6.61 Å². The van der Waals surface area contributed by atoms with Crippen molar-refractivity contribution in [2.45, 2.75) is 27.0 Å². The van der Waals surface area contributed by atoms with Crippen molar-refractivity contribution in [3.05, 3.63) is 35.4 Å². The number of hydrogen-bond acceptors (Lipinski definition) is 3. The number of hydrogen-bond donors (Lipinski definition) is 1. The molecule has 0 bridgehead atoms. The molecule has 0 spiro atoms. The molecule has 5 nitrogen and oxygen atoms in total. The molecule has 0 fully saturated rings. The minimum Gasteiger partial charge on any atom is -0.380 e. The third-order valence-electron chi connectivity index (χ3n) is 2.91. The standard InChI is InChI=1S/C13H22N2O3S/c1-4-15(5-2)19(16,17)14-10-12-8-6-7-9-13(12)11-18-3/h6-9,14H,4-5,10-11H2,1-3H3. The fourth-order valence-corrected chi connectivity index (χ4v) is 3.05. The number of rotatable bonds is 8. The molecule has 0 aromatic heterocycles. The predicted octanol–water partition coefficient (Wildman–Crippen LogP) is 1.51. The van der Waals surface area contributed by atoms with Crippen molar-refractivity contribution in [3.8, 4) is 0 Å². The van der Waals surface area contributed by atoms with Crippen molar-refractivity contribution in [3.63, 3.8) is 0 Å². The maximum atomic E-state index is 12.0. The van der Waals surface area contributed by atoms with Crippen molar-refractivity contribution in [2.24, 2.45) is 0 Å². The predicted molar refractivity (Wildman–Crippen MR) is 75.8 cm³/mol. The van der Waals surface area contributed by atoms with Crippen molar-refractivity contribution in [1.82, 2.24) is 9.03 Å². The molecule has 0 atom stereocenters. The quantitative estimate of drug-likeness (QED) is 0.788. The molecule has 0 aliphatic heterocycles. The monoisotopic (exact) mass is 286 g/mol. The van der Waals surface area contributed by atoms with Crippen LogP contribution in [0.5, 0.6) is 0 Å². The molecule has 6 heteroatoms. The highest BCUT2D eigenvalue weighted by Crippen LogP contribution is 2.10. The Kier molecular flexibility index (Phi) is 6.44. The molecule has 0 aliphatic carbocycles. The van der Waals surface area contributed by atoms with Crippen molar-refractivity contribution in [2.75, 3.05) is 20.2 Å². The van der Waals surface area contributed by atoms with Crippen LogP contribution in [0.25, 0.3) is 0 Å². The molecule has 1 N–H and O–H groups in total. The van der Waals surface area contributed by atoms with Gasteiger partial charge in [0.1, 0.15) is 0 Å². The first-order chi connectivity index (χ1) is 9.05. The third kappa shape index (κ3) is 4.58. The Hall–Kier alpha value is -0.950. The maximum Gasteiger partial charge on any atom is 0.279 e. The highest BCUT2D eigenvalue weighted by Gasteiger charge is 2.18. The number of nitrogens with zero attached hydrogens (tertiary/aromatic N) is 1. The lowest BCUT2D eigenvalue weighted by atomic mass is 10.1. The zero-order chi connectivity index (χ0) is 14.3. The van der Waals surface area contributed by atoms with E-state index in [0.717, 1.165) is 11.1 Å². The first-order valence-electron chi connectivity index (χ1n) is 6.35. The van der Waals surface area contributed by atoms with Crippen LogP contribution in [0.3, 0.4) is 0 Å². The molecule has 108 valence electrons. The molecular weight excluding hydrogens is 264 g/mol. The number of ether oxygens (including phenoxy) is 1. The topological polar surface area (TPSA) is 58.6 Å². The number of methoxy groups -OCH3 is 1. The van der Waals surface area contributed by atoms with Gasteiger partial charge in [0, 0.05) is 26.7 Å². The summed E-state index contributed by atoms with van der Waals surface area (Å²) in [6.45, 7) is 5.32. The third-order valence-corrected chi connectivity index (χ3v) is 4.61. The Bertz CT molecular complexity index is 484. The Morgan fingerprint density at radius 3 is 2.26 bits per heavy atom. The molecule has 0 unspecified atom stereocenters. The lowest BCUT2D eigenvalue weighted by Crippen LogP contribution is -2.40. The van der Waals surface area contributed by atoms with Crippen molar-refractivity contribution < 1.29 is 13.2 Å². The van der Waals surface area contributed by atoms with Crippen LogP contribution in [0.2, 0.25) is 0 Å². The molecule has 19 heavy (non-hydrogen) atoms. The SMILES string of the molecule is CCN(CC)S(=O)(=O)NCc1ccccc1COC. The molecule has 0 saturated carbocycles. The van der Waals surface area contributed by atoms with E-state index in [2.05, 4.69) is 4.72 Å². The molecule has 0 heterocycles. The average molecular weight is 286 g/mol. The van der Waals surface area contributed by atoms with E-state index in [9.17, 15) is 8.42 Å². The Morgan fingerprint density at radius 1 is 1.16 bits per heavy atom. The van der Waals surface area contributed by atoms with Gasteiger partial charge in [0.2, 0.25) is 0 Å². The van der Waals surface area contributed by atoms with E-state index in [1.54, 1.807) is 7.11 Å². The van der Waals surface area contributed by atoms with Crippen LogP contribution >= 0.6 is 0 Å². The summed E-state index contributed by atoms with van der Waals surface area (Å²) >= 11 is 0. The average Bonchev–Trinajstić information content (AvgIpc) is 2.39. The number of nitrogens with one attached hydrogen (secondary N) is 1. The van der Waals surface area contributed by atoms with Gasteiger partial charge < -0.3 is 4.74 Å². The van der Waals surface area contributed by atoms with E-state index in [1.807, 2.05) is 38.1 Å². The summed E-state index contributed by atoms with van der Waals surface area (Å²) in [6.07, 6.45) is 0. The van der Waals surface area contributed by atoms with Gasteiger partial charge in [-0.1, -0.05) is 38.1 Å². The van der Waals surface area contributed by atoms with Crippen LogP contribution < -0.4 is 4.72 Å². The summed E-state index contributed by atoms with van der Waals surface area (Å²) in [7, 11) is -1.79. The van der Waals surface area contributed by atoms with Crippen LogP contribution in [0.15, 0.2) is 24.3 Å². The van der Waals surface area contributed by atoms with Crippen LogP contribution in [0, 0.1) is 0 Å². The second-order valence-electron chi connectivity index (χ2n) is 4.11. The second kappa shape index (κ2) is 7.59. The van der Waals surface area contributed by atoms with E-state index in [1.165, 1.54) is 4.31 Å². The first kappa shape index (κ1) is 16.1. The highest BCUT2D eigenvalue weighted by molar-refractivity contribution is 7.87. The molecule has 0 aliphatic rings. The minimum atomic E-state index is -3.41. The molecule has 0 amide bonds. The van der Waals surface area contributed by atoms with Gasteiger partial charge in [-0.3, -0.25) is 0 Å². The Labute approximate surface area is 115 Å². The normalized spacial score (nSPS) is 12.0. The van der Waals surface area contributed by atoms with Gasteiger partial charge in [0.15, 0.2) is 0 Å². The molecule has 1 rings (SSSR count). The summed E-state index contributed by atoms with van der Waals surface area (Å²) in [4.78, 5) is 0.